The van der Waals surface area contributed by atoms with E-state index in [0.717, 1.165) is 30.8 Å². The van der Waals surface area contributed by atoms with Crippen molar-refractivity contribution < 1.29 is 0 Å². The molecule has 1 rings (SSSR count). The van der Waals surface area contributed by atoms with Crippen molar-refractivity contribution in [3.05, 3.63) is 16.6 Å². The zero-order chi connectivity index (χ0) is 10.9. The maximum absolute atomic E-state index is 8.39. The molecule has 1 aromatic rings. The van der Waals surface area contributed by atoms with Crippen LogP contribution in [0.3, 0.4) is 0 Å². The van der Waals surface area contributed by atoms with Crippen molar-refractivity contribution in [1.82, 2.24) is 10.3 Å². The van der Waals surface area contributed by atoms with E-state index >= 15 is 0 Å². The van der Waals surface area contributed by atoms with Gasteiger partial charge in [-0.1, -0.05) is 6.92 Å². The Labute approximate surface area is 95.2 Å². The molecule has 0 aliphatic carbocycles. The third-order valence-electron chi connectivity index (χ3n) is 2.26. The molecule has 1 N–H and O–H groups in total. The van der Waals surface area contributed by atoms with Gasteiger partial charge in [0.15, 0.2) is 0 Å². The summed E-state index contributed by atoms with van der Waals surface area (Å²) in [5.41, 5.74) is 0. The molecule has 82 valence electrons. The number of rotatable bonds is 7. The molecule has 4 heteroatoms. The van der Waals surface area contributed by atoms with Crippen molar-refractivity contribution in [3.8, 4) is 6.07 Å². The predicted molar refractivity (Wildman–Crippen MR) is 62.6 cm³/mol. The lowest BCUT2D eigenvalue weighted by Crippen LogP contribution is -2.21. The maximum Gasteiger partial charge on any atom is 0.109 e. The number of nitrogens with zero attached hydrogens (tertiary/aromatic N) is 2. The molecule has 0 radical (unpaired) electrons. The Bertz CT molecular complexity index is 289. The van der Waals surface area contributed by atoms with Gasteiger partial charge in [-0.2, -0.15) is 5.26 Å². The van der Waals surface area contributed by atoms with Crippen molar-refractivity contribution in [2.75, 3.05) is 6.54 Å². The second kappa shape index (κ2) is 7.38. The van der Waals surface area contributed by atoms with Crippen LogP contribution in [0.5, 0.6) is 0 Å². The number of aromatic nitrogens is 1. The molecule has 0 fully saturated rings. The molecule has 0 amide bonds. The van der Waals surface area contributed by atoms with Crippen LogP contribution < -0.4 is 5.32 Å². The molecule has 1 atom stereocenters. The van der Waals surface area contributed by atoms with Crippen LogP contribution in [-0.4, -0.2) is 11.5 Å². The van der Waals surface area contributed by atoms with Crippen LogP contribution in [0.25, 0.3) is 0 Å². The van der Waals surface area contributed by atoms with Crippen LogP contribution >= 0.6 is 11.3 Å². The van der Waals surface area contributed by atoms with Crippen LogP contribution in [0.4, 0.5) is 0 Å². The van der Waals surface area contributed by atoms with Gasteiger partial charge in [0.25, 0.3) is 0 Å². The Morgan fingerprint density at radius 1 is 1.60 bits per heavy atom. The molecule has 3 nitrogen and oxygen atoms in total. The topological polar surface area (TPSA) is 48.7 Å². The highest BCUT2D eigenvalue weighted by Gasteiger charge is 2.09. The Morgan fingerprint density at radius 2 is 2.47 bits per heavy atom. The number of nitrogens with one attached hydrogen (secondary N) is 1. The first-order chi connectivity index (χ1) is 7.38. The highest BCUT2D eigenvalue weighted by molar-refractivity contribution is 7.09. The molecule has 15 heavy (non-hydrogen) atoms. The minimum atomic E-state index is 0.382. The third-order valence-corrected chi connectivity index (χ3v) is 3.15. The van der Waals surface area contributed by atoms with E-state index < -0.39 is 0 Å². The van der Waals surface area contributed by atoms with E-state index in [1.807, 2.05) is 11.6 Å². The van der Waals surface area contributed by atoms with Crippen molar-refractivity contribution in [1.29, 1.82) is 5.26 Å². The van der Waals surface area contributed by atoms with Crippen LogP contribution in [0.15, 0.2) is 11.6 Å². The summed E-state index contributed by atoms with van der Waals surface area (Å²) in [6.07, 6.45) is 5.62. The first-order valence-corrected chi connectivity index (χ1v) is 6.26. The fourth-order valence-electron chi connectivity index (χ4n) is 1.42. The predicted octanol–water partition coefficient (Wildman–Crippen LogP) is 2.88. The molecule has 1 unspecified atom stereocenters. The number of nitriles is 1. The molecule has 0 spiro atoms. The summed E-state index contributed by atoms with van der Waals surface area (Å²) in [6.45, 7) is 3.13. The molecule has 1 heterocycles. The van der Waals surface area contributed by atoms with Gasteiger partial charge in [0.05, 0.1) is 12.1 Å². The summed E-state index contributed by atoms with van der Waals surface area (Å²) >= 11 is 1.70. The third kappa shape index (κ3) is 4.41. The fourth-order valence-corrected chi connectivity index (χ4v) is 2.22. The summed E-state index contributed by atoms with van der Waals surface area (Å²) in [6, 6.07) is 2.54. The van der Waals surface area contributed by atoms with E-state index in [9.17, 15) is 0 Å². The lowest BCUT2D eigenvalue weighted by Gasteiger charge is -2.13. The van der Waals surface area contributed by atoms with Gasteiger partial charge < -0.3 is 5.32 Å². The second-order valence-electron chi connectivity index (χ2n) is 3.40. The van der Waals surface area contributed by atoms with E-state index in [-0.39, 0.29) is 0 Å². The van der Waals surface area contributed by atoms with Gasteiger partial charge in [-0.15, -0.1) is 11.3 Å². The summed E-state index contributed by atoms with van der Waals surface area (Å²) in [5.74, 6) is 0. The quantitative estimate of drug-likeness (QED) is 0.723. The lowest BCUT2D eigenvalue weighted by molar-refractivity contribution is 0.503. The second-order valence-corrected chi connectivity index (χ2v) is 4.33. The smallest absolute Gasteiger partial charge is 0.109 e. The van der Waals surface area contributed by atoms with Gasteiger partial charge in [0.2, 0.25) is 0 Å². The van der Waals surface area contributed by atoms with E-state index in [1.165, 1.54) is 0 Å². The van der Waals surface area contributed by atoms with Crippen molar-refractivity contribution in [3.63, 3.8) is 0 Å². The summed E-state index contributed by atoms with van der Waals surface area (Å²) in [4.78, 5) is 4.31. The van der Waals surface area contributed by atoms with Crippen LogP contribution in [-0.2, 0) is 0 Å². The van der Waals surface area contributed by atoms with E-state index in [4.69, 9.17) is 5.26 Å². The van der Waals surface area contributed by atoms with Gasteiger partial charge in [0.1, 0.15) is 5.01 Å². The first kappa shape index (κ1) is 12.2. The van der Waals surface area contributed by atoms with Gasteiger partial charge in [-0.25, -0.2) is 4.98 Å². The molecule has 0 aliphatic rings. The zero-order valence-corrected chi connectivity index (χ0v) is 9.89. The van der Waals surface area contributed by atoms with E-state index in [1.54, 1.807) is 11.3 Å². The summed E-state index contributed by atoms with van der Waals surface area (Å²) in [7, 11) is 0. The SMILES string of the molecule is CCC(NCCCCC#N)c1nccs1. The first-order valence-electron chi connectivity index (χ1n) is 5.38. The molecule has 0 saturated heterocycles. The Kier molecular flexibility index (Phi) is 5.98. The van der Waals surface area contributed by atoms with E-state index in [2.05, 4.69) is 23.3 Å². The maximum atomic E-state index is 8.39. The highest BCUT2D eigenvalue weighted by atomic mass is 32.1. The number of hydrogen-bond donors (Lipinski definition) is 1. The normalized spacial score (nSPS) is 12.3. The largest absolute Gasteiger partial charge is 0.308 e. The van der Waals surface area contributed by atoms with Gasteiger partial charge in [0, 0.05) is 18.0 Å². The standard InChI is InChI=1S/C11H17N3S/c1-2-10(11-14-8-9-15-11)13-7-5-3-4-6-12/h8-10,13H,2-5,7H2,1H3. The molecule has 1 aromatic heterocycles. The summed E-state index contributed by atoms with van der Waals surface area (Å²) in [5, 5.41) is 15.0. The monoisotopic (exact) mass is 223 g/mol. The Balaban J connectivity index is 2.21. The average molecular weight is 223 g/mol. The Morgan fingerprint density at radius 3 is 3.07 bits per heavy atom. The average Bonchev–Trinajstić information content (AvgIpc) is 2.77. The molecule has 0 aromatic carbocycles. The van der Waals surface area contributed by atoms with Crippen LogP contribution in [0.1, 0.15) is 43.7 Å². The van der Waals surface area contributed by atoms with Crippen LogP contribution in [0.2, 0.25) is 0 Å². The van der Waals surface area contributed by atoms with Crippen LogP contribution in [0, 0.1) is 11.3 Å². The van der Waals surface area contributed by atoms with Gasteiger partial charge in [-0.3, -0.25) is 0 Å². The summed E-state index contributed by atoms with van der Waals surface area (Å²) < 4.78 is 0. The Hall–Kier alpha value is -0.920. The van der Waals surface area contributed by atoms with Crippen molar-refractivity contribution in [2.45, 2.75) is 38.6 Å². The molecular weight excluding hydrogens is 206 g/mol. The molecular formula is C11H17N3S. The van der Waals surface area contributed by atoms with Gasteiger partial charge in [-0.05, 0) is 25.8 Å². The number of thiazole rings is 1. The van der Waals surface area contributed by atoms with Crippen molar-refractivity contribution in [2.24, 2.45) is 0 Å². The van der Waals surface area contributed by atoms with Crippen molar-refractivity contribution >= 4 is 11.3 Å². The molecule has 0 bridgehead atoms. The van der Waals surface area contributed by atoms with Gasteiger partial charge >= 0.3 is 0 Å². The number of unbranched alkanes of at least 4 members (excludes halogenated alkanes) is 2. The number of hydrogen-bond acceptors (Lipinski definition) is 4. The van der Waals surface area contributed by atoms with E-state index in [0.29, 0.717) is 12.5 Å². The molecule has 0 saturated carbocycles. The minimum absolute atomic E-state index is 0.382. The molecule has 0 aliphatic heterocycles. The zero-order valence-electron chi connectivity index (χ0n) is 9.07. The fraction of sp³-hybridized carbons (Fsp3) is 0.636. The minimum Gasteiger partial charge on any atom is -0.308 e. The highest BCUT2D eigenvalue weighted by Crippen LogP contribution is 2.18. The lowest BCUT2D eigenvalue weighted by atomic mass is 10.2.